The first-order valence-corrected chi connectivity index (χ1v) is 9.98. The maximum Gasteiger partial charge on any atom is 0.257 e. The van der Waals surface area contributed by atoms with E-state index in [1.54, 1.807) is 6.20 Å². The number of carbonyl (C=O) groups is 1. The van der Waals surface area contributed by atoms with E-state index in [4.69, 9.17) is 0 Å². The summed E-state index contributed by atoms with van der Waals surface area (Å²) < 4.78 is 4.15. The second-order valence-electron chi connectivity index (χ2n) is 7.69. The number of hydrogen-bond acceptors (Lipinski definition) is 4. The molecule has 3 rings (SSSR count). The molecule has 1 saturated heterocycles. The monoisotopic (exact) mass is 372 g/mol. The number of amides is 1. The summed E-state index contributed by atoms with van der Waals surface area (Å²) in [6, 6.07) is 0. The van der Waals surface area contributed by atoms with E-state index in [1.807, 2.05) is 29.6 Å². The van der Waals surface area contributed by atoms with Crippen molar-refractivity contribution in [1.82, 2.24) is 29.1 Å². The van der Waals surface area contributed by atoms with Crippen LogP contribution >= 0.6 is 0 Å². The number of carbonyl (C=O) groups excluding carboxylic acids is 1. The number of aromatic nitrogens is 4. The lowest BCUT2D eigenvalue weighted by atomic mass is 9.96. The molecule has 7 heteroatoms. The molecule has 0 N–H and O–H groups in total. The summed E-state index contributed by atoms with van der Waals surface area (Å²) in [4.78, 5) is 21.9. The molecule has 1 aliphatic heterocycles. The van der Waals surface area contributed by atoms with Crippen molar-refractivity contribution in [2.75, 3.05) is 33.7 Å². The van der Waals surface area contributed by atoms with Crippen LogP contribution in [0.25, 0.3) is 0 Å². The van der Waals surface area contributed by atoms with Crippen molar-refractivity contribution in [3.63, 3.8) is 0 Å². The zero-order valence-corrected chi connectivity index (χ0v) is 17.1. The molecule has 0 spiro atoms. The van der Waals surface area contributed by atoms with Gasteiger partial charge in [0, 0.05) is 50.2 Å². The van der Waals surface area contributed by atoms with Gasteiger partial charge in [0.15, 0.2) is 0 Å². The molecule has 0 bridgehead atoms. The Morgan fingerprint density at radius 3 is 2.89 bits per heavy atom. The smallest absolute Gasteiger partial charge is 0.257 e. The van der Waals surface area contributed by atoms with Crippen LogP contribution in [-0.2, 0) is 13.1 Å². The first kappa shape index (κ1) is 19.6. The van der Waals surface area contributed by atoms with Gasteiger partial charge >= 0.3 is 0 Å². The summed E-state index contributed by atoms with van der Waals surface area (Å²) in [6.45, 7) is 8.39. The maximum atomic E-state index is 13.0. The molecule has 2 aromatic rings. The third kappa shape index (κ3) is 4.40. The lowest BCUT2D eigenvalue weighted by Crippen LogP contribution is -2.40. The highest BCUT2D eigenvalue weighted by atomic mass is 16.2. The molecular weight excluding hydrogens is 340 g/mol. The predicted molar refractivity (Wildman–Crippen MR) is 106 cm³/mol. The first-order valence-electron chi connectivity index (χ1n) is 9.98. The molecule has 0 unspecified atom stereocenters. The van der Waals surface area contributed by atoms with Gasteiger partial charge in [0.1, 0.15) is 5.82 Å². The number of hydrogen-bond donors (Lipinski definition) is 0. The van der Waals surface area contributed by atoms with Gasteiger partial charge in [0.05, 0.1) is 11.8 Å². The summed E-state index contributed by atoms with van der Waals surface area (Å²) in [7, 11) is 4.20. The molecule has 7 nitrogen and oxygen atoms in total. The van der Waals surface area contributed by atoms with Gasteiger partial charge in [-0.1, -0.05) is 0 Å². The molecule has 1 fully saturated rings. The summed E-state index contributed by atoms with van der Waals surface area (Å²) >= 11 is 0. The Bertz CT molecular complexity index is 762. The van der Waals surface area contributed by atoms with E-state index >= 15 is 0 Å². The molecule has 0 aliphatic carbocycles. The minimum Gasteiger partial charge on any atom is -0.338 e. The van der Waals surface area contributed by atoms with Crippen LogP contribution in [0.4, 0.5) is 0 Å². The average Bonchev–Trinajstić information content (AvgIpc) is 3.27. The Hall–Kier alpha value is -2.15. The van der Waals surface area contributed by atoms with Crippen molar-refractivity contribution in [2.45, 2.75) is 52.1 Å². The second-order valence-corrected chi connectivity index (χ2v) is 7.69. The van der Waals surface area contributed by atoms with Gasteiger partial charge in [-0.3, -0.25) is 9.48 Å². The van der Waals surface area contributed by atoms with Crippen molar-refractivity contribution in [3.05, 3.63) is 35.7 Å². The van der Waals surface area contributed by atoms with Crippen molar-refractivity contribution in [1.29, 1.82) is 0 Å². The van der Waals surface area contributed by atoms with Crippen LogP contribution in [-0.4, -0.2) is 68.8 Å². The van der Waals surface area contributed by atoms with Crippen molar-refractivity contribution >= 4 is 5.91 Å². The standard InChI is InChI=1S/C20H32N6O/c1-5-26-16(2)18(14-22-26)20(27)25-11-6-8-17(15-25)19-21-9-13-24(19)12-7-10-23(3)4/h9,13-14,17H,5-8,10-12,15H2,1-4H3/t17-/m0/s1. The molecule has 1 aliphatic rings. The minimum absolute atomic E-state index is 0.0996. The van der Waals surface area contributed by atoms with E-state index in [1.165, 1.54) is 0 Å². The quantitative estimate of drug-likeness (QED) is 0.749. The highest BCUT2D eigenvalue weighted by Gasteiger charge is 2.29. The molecule has 148 valence electrons. The van der Waals surface area contributed by atoms with Gasteiger partial charge in [0.2, 0.25) is 0 Å². The van der Waals surface area contributed by atoms with Crippen LogP contribution in [0.3, 0.4) is 0 Å². The molecule has 0 radical (unpaired) electrons. The molecular formula is C20H32N6O. The predicted octanol–water partition coefficient (Wildman–Crippen LogP) is 2.38. The second kappa shape index (κ2) is 8.69. The van der Waals surface area contributed by atoms with Gasteiger partial charge in [-0.05, 0) is 53.8 Å². The third-order valence-electron chi connectivity index (χ3n) is 5.46. The number of rotatable bonds is 7. The van der Waals surface area contributed by atoms with Crippen LogP contribution in [0, 0.1) is 6.92 Å². The average molecular weight is 373 g/mol. The summed E-state index contributed by atoms with van der Waals surface area (Å²) in [5.74, 6) is 1.52. The topological polar surface area (TPSA) is 59.2 Å². The number of nitrogens with zero attached hydrogens (tertiary/aromatic N) is 6. The Morgan fingerprint density at radius 2 is 2.19 bits per heavy atom. The molecule has 0 aromatic carbocycles. The van der Waals surface area contributed by atoms with Crippen molar-refractivity contribution in [2.24, 2.45) is 0 Å². The van der Waals surface area contributed by atoms with Crippen LogP contribution in [0.5, 0.6) is 0 Å². The minimum atomic E-state index is 0.0996. The van der Waals surface area contributed by atoms with E-state index in [0.29, 0.717) is 5.92 Å². The summed E-state index contributed by atoms with van der Waals surface area (Å²) in [5, 5.41) is 4.33. The number of piperidine rings is 1. The van der Waals surface area contributed by atoms with Crippen molar-refractivity contribution in [3.8, 4) is 0 Å². The van der Waals surface area contributed by atoms with E-state index in [2.05, 4.69) is 39.8 Å². The fourth-order valence-corrected chi connectivity index (χ4v) is 3.94. The van der Waals surface area contributed by atoms with Gasteiger partial charge in [-0.25, -0.2) is 4.98 Å². The lowest BCUT2D eigenvalue weighted by molar-refractivity contribution is 0.0702. The molecule has 27 heavy (non-hydrogen) atoms. The highest BCUT2D eigenvalue weighted by Crippen LogP contribution is 2.27. The van der Waals surface area contributed by atoms with Gasteiger partial charge in [0.25, 0.3) is 5.91 Å². The molecule has 0 saturated carbocycles. The Balaban J connectivity index is 1.68. The van der Waals surface area contributed by atoms with E-state index < -0.39 is 0 Å². The summed E-state index contributed by atoms with van der Waals surface area (Å²) in [5.41, 5.74) is 1.68. The van der Waals surface area contributed by atoms with Crippen LogP contribution in [0.15, 0.2) is 18.6 Å². The lowest BCUT2D eigenvalue weighted by Gasteiger charge is -2.32. The van der Waals surface area contributed by atoms with Crippen LogP contribution < -0.4 is 0 Å². The Labute approximate surface area is 162 Å². The van der Waals surface area contributed by atoms with E-state index in [-0.39, 0.29) is 5.91 Å². The first-order chi connectivity index (χ1) is 13.0. The van der Waals surface area contributed by atoms with Gasteiger partial charge < -0.3 is 14.4 Å². The van der Waals surface area contributed by atoms with Gasteiger partial charge in [-0.15, -0.1) is 0 Å². The van der Waals surface area contributed by atoms with Crippen LogP contribution in [0.1, 0.15) is 54.0 Å². The fourth-order valence-electron chi connectivity index (χ4n) is 3.94. The maximum absolute atomic E-state index is 13.0. The molecule has 1 amide bonds. The van der Waals surface area contributed by atoms with E-state index in [0.717, 1.165) is 69.1 Å². The largest absolute Gasteiger partial charge is 0.338 e. The zero-order valence-electron chi connectivity index (χ0n) is 17.1. The Morgan fingerprint density at radius 1 is 1.37 bits per heavy atom. The molecule has 1 atom stereocenters. The Kier molecular flexibility index (Phi) is 6.31. The third-order valence-corrected chi connectivity index (χ3v) is 5.46. The number of likely N-dealkylation sites (tertiary alicyclic amines) is 1. The van der Waals surface area contributed by atoms with Crippen LogP contribution in [0.2, 0.25) is 0 Å². The number of imidazole rings is 1. The molecule has 3 heterocycles. The van der Waals surface area contributed by atoms with Gasteiger partial charge in [-0.2, -0.15) is 5.10 Å². The number of aryl methyl sites for hydroxylation is 2. The fraction of sp³-hybridized carbons (Fsp3) is 0.650. The molecule has 2 aromatic heterocycles. The zero-order chi connectivity index (χ0) is 19.4. The highest BCUT2D eigenvalue weighted by molar-refractivity contribution is 5.95. The van der Waals surface area contributed by atoms with E-state index in [9.17, 15) is 4.79 Å². The SMILES string of the molecule is CCn1ncc(C(=O)N2CCC[C@H](c3nccn3CCCN(C)C)C2)c1C. The van der Waals surface area contributed by atoms with Crippen molar-refractivity contribution < 1.29 is 4.79 Å². The summed E-state index contributed by atoms with van der Waals surface area (Å²) in [6.07, 6.45) is 8.88. The normalized spacial score (nSPS) is 17.7.